The van der Waals surface area contributed by atoms with Gasteiger partial charge >= 0.3 is 5.71 Å². The molecule has 0 bridgehead atoms. The molecule has 8 nitrogen and oxygen atoms in total. The third kappa shape index (κ3) is 3.32. The van der Waals surface area contributed by atoms with E-state index in [-0.39, 0.29) is 35.4 Å². The lowest BCUT2D eigenvalue weighted by atomic mass is 9.93. The van der Waals surface area contributed by atoms with Crippen molar-refractivity contribution in [2.75, 3.05) is 6.61 Å². The summed E-state index contributed by atoms with van der Waals surface area (Å²) in [6.07, 6.45) is -0.247. The predicted molar refractivity (Wildman–Crippen MR) is 94.8 cm³/mol. The minimum atomic E-state index is -1.38. The summed E-state index contributed by atoms with van der Waals surface area (Å²) in [5.41, 5.74) is 14.5. The Bertz CT molecular complexity index is 790. The zero-order valence-corrected chi connectivity index (χ0v) is 14.5. The van der Waals surface area contributed by atoms with Gasteiger partial charge in [-0.15, -0.1) is 0 Å². The van der Waals surface area contributed by atoms with Crippen molar-refractivity contribution in [3.05, 3.63) is 40.4 Å². The number of hydrogen-bond acceptors (Lipinski definition) is 6. The molecule has 0 amide bonds. The summed E-state index contributed by atoms with van der Waals surface area (Å²) in [5.74, 6) is -0.247. The van der Waals surface area contributed by atoms with E-state index in [0.29, 0.717) is 17.0 Å². The first-order valence-electron chi connectivity index (χ1n) is 7.56. The fraction of sp³-hybridized carbons (Fsp3) is 0.400. The first-order chi connectivity index (χ1) is 11.9. The number of aliphatic hydroxyl groups excluding tert-OH is 2. The highest BCUT2D eigenvalue weighted by molar-refractivity contribution is 6.84. The van der Waals surface area contributed by atoms with Crippen LogP contribution in [-0.4, -0.2) is 50.6 Å². The van der Waals surface area contributed by atoms with Gasteiger partial charge in [-0.05, 0) is 18.6 Å². The lowest BCUT2D eigenvalue weighted by Gasteiger charge is -2.29. The van der Waals surface area contributed by atoms with Crippen LogP contribution in [0.4, 0.5) is 0 Å². The van der Waals surface area contributed by atoms with Crippen LogP contribution >= 0.6 is 23.2 Å². The lowest BCUT2D eigenvalue weighted by molar-refractivity contribution is -0.0130. The highest BCUT2D eigenvalue weighted by Crippen LogP contribution is 2.39. The van der Waals surface area contributed by atoms with Gasteiger partial charge in [-0.25, -0.2) is 4.99 Å². The van der Waals surface area contributed by atoms with E-state index in [2.05, 4.69) is 20.1 Å². The maximum atomic E-state index is 9.82. The summed E-state index contributed by atoms with van der Waals surface area (Å²) >= 11 is 12.1. The molecule has 1 heterocycles. The van der Waals surface area contributed by atoms with Crippen molar-refractivity contribution in [1.82, 2.24) is 5.32 Å². The Morgan fingerprint density at radius 1 is 1.40 bits per heavy atom. The summed E-state index contributed by atoms with van der Waals surface area (Å²) in [5, 5.41) is 22.6. The van der Waals surface area contributed by atoms with Crippen LogP contribution in [0.2, 0.25) is 5.02 Å². The molecular weight excluding hydrogens is 367 g/mol. The lowest BCUT2D eigenvalue weighted by Crippen LogP contribution is -2.55. The molecule has 0 aromatic heterocycles. The summed E-state index contributed by atoms with van der Waals surface area (Å²) < 4.78 is 0. The Morgan fingerprint density at radius 2 is 2.08 bits per heavy atom. The molecule has 1 aliphatic carbocycles. The van der Waals surface area contributed by atoms with Crippen molar-refractivity contribution in [3.8, 4) is 0 Å². The molecule has 1 aromatic rings. The Morgan fingerprint density at radius 3 is 2.68 bits per heavy atom. The molecule has 1 saturated carbocycles. The molecule has 10 heteroatoms. The third-order valence-corrected chi connectivity index (χ3v) is 4.83. The molecule has 1 fully saturated rings. The van der Waals surface area contributed by atoms with Crippen LogP contribution in [0.5, 0.6) is 0 Å². The highest BCUT2D eigenvalue weighted by Gasteiger charge is 2.55. The third-order valence-electron chi connectivity index (χ3n) is 4.31. The quantitative estimate of drug-likeness (QED) is 0.433. The van der Waals surface area contributed by atoms with Crippen molar-refractivity contribution >= 4 is 40.0 Å². The normalized spacial score (nSPS) is 29.5. The van der Waals surface area contributed by atoms with Gasteiger partial charge < -0.3 is 21.5 Å². The van der Waals surface area contributed by atoms with Crippen molar-refractivity contribution in [1.29, 1.82) is 0 Å². The van der Waals surface area contributed by atoms with Crippen LogP contribution in [0, 0.1) is 5.92 Å². The SMILES string of the molecule is [N-]=[N+]=C1C(Cl)=NC(N)=NC1(NC1CC1C(O)CO)c1ccc(Cl)cc1. The Hall–Kier alpha value is -1.80. The number of hydrogen-bond donors (Lipinski definition) is 4. The Kier molecular flexibility index (Phi) is 4.92. The second kappa shape index (κ2) is 6.84. The van der Waals surface area contributed by atoms with Crippen LogP contribution in [0.3, 0.4) is 0 Å². The molecule has 1 aromatic carbocycles. The number of benzene rings is 1. The standard InChI is InChI=1S/C15H16Cl2N6O2/c16-8-3-1-7(2-4-8)15(21-10-5-9(10)11(25)6-24)12(23-19)13(17)20-14(18)22-15/h1-4,9-11,21,24-25H,5-6H2,(H2,18,22). The van der Waals surface area contributed by atoms with E-state index < -0.39 is 11.8 Å². The van der Waals surface area contributed by atoms with E-state index in [1.807, 2.05) is 0 Å². The summed E-state index contributed by atoms with van der Waals surface area (Å²) in [6.45, 7) is -0.342. The second-order valence-corrected chi connectivity index (χ2v) is 6.73. The molecule has 0 radical (unpaired) electrons. The maximum Gasteiger partial charge on any atom is 0.375 e. The number of nitrogens with zero attached hydrogens (tertiary/aromatic N) is 4. The Balaban J connectivity index is 2.05. The van der Waals surface area contributed by atoms with Crippen molar-refractivity contribution in [3.63, 3.8) is 0 Å². The van der Waals surface area contributed by atoms with E-state index in [9.17, 15) is 10.6 Å². The molecule has 1 aliphatic heterocycles. The Labute approximate surface area is 153 Å². The number of nitrogens with one attached hydrogen (secondary N) is 1. The first-order valence-corrected chi connectivity index (χ1v) is 8.32. The van der Waals surface area contributed by atoms with E-state index in [1.54, 1.807) is 24.3 Å². The largest absolute Gasteiger partial charge is 0.394 e. The van der Waals surface area contributed by atoms with Gasteiger partial charge in [0.25, 0.3) is 0 Å². The molecule has 25 heavy (non-hydrogen) atoms. The van der Waals surface area contributed by atoms with Gasteiger partial charge in [0.2, 0.25) is 16.8 Å². The molecule has 132 valence electrons. The molecule has 3 rings (SSSR count). The topological polar surface area (TPSA) is 140 Å². The predicted octanol–water partition coefficient (Wildman–Crippen LogP) is 0.461. The van der Waals surface area contributed by atoms with Gasteiger partial charge in [0, 0.05) is 22.5 Å². The molecule has 2 aliphatic rings. The first kappa shape index (κ1) is 18.0. The van der Waals surface area contributed by atoms with E-state index >= 15 is 0 Å². The summed E-state index contributed by atoms with van der Waals surface area (Å²) in [6, 6.07) is 6.54. The van der Waals surface area contributed by atoms with Crippen molar-refractivity contribution < 1.29 is 15.0 Å². The van der Waals surface area contributed by atoms with Gasteiger partial charge in [0.1, 0.15) is 0 Å². The highest BCUT2D eigenvalue weighted by atomic mass is 35.5. The zero-order valence-electron chi connectivity index (χ0n) is 13.0. The van der Waals surface area contributed by atoms with E-state index in [0.717, 1.165) is 0 Å². The van der Waals surface area contributed by atoms with Gasteiger partial charge in [0.15, 0.2) is 0 Å². The van der Waals surface area contributed by atoms with E-state index in [4.69, 9.17) is 34.0 Å². The number of guanidine groups is 1. The number of aliphatic imine (C=N–C) groups is 2. The van der Waals surface area contributed by atoms with Crippen LogP contribution < -0.4 is 11.1 Å². The second-order valence-electron chi connectivity index (χ2n) is 5.94. The van der Waals surface area contributed by atoms with Crippen LogP contribution in [-0.2, 0) is 5.66 Å². The van der Waals surface area contributed by atoms with E-state index in [1.165, 1.54) is 0 Å². The minimum Gasteiger partial charge on any atom is -0.394 e. The van der Waals surface area contributed by atoms with Crippen molar-refractivity contribution in [2.24, 2.45) is 21.6 Å². The molecule has 5 N–H and O–H groups in total. The smallest absolute Gasteiger partial charge is 0.375 e. The summed E-state index contributed by atoms with van der Waals surface area (Å²) in [7, 11) is 0. The number of rotatable bonds is 5. The van der Waals surface area contributed by atoms with Crippen LogP contribution in [0.1, 0.15) is 12.0 Å². The molecule has 0 saturated heterocycles. The monoisotopic (exact) mass is 382 g/mol. The summed E-state index contributed by atoms with van der Waals surface area (Å²) in [4.78, 5) is 11.5. The minimum absolute atomic E-state index is 0.0187. The molecule has 0 spiro atoms. The molecule has 4 unspecified atom stereocenters. The maximum absolute atomic E-state index is 9.82. The van der Waals surface area contributed by atoms with Crippen LogP contribution in [0.15, 0.2) is 34.3 Å². The fourth-order valence-corrected chi connectivity index (χ4v) is 3.34. The van der Waals surface area contributed by atoms with Gasteiger partial charge in [-0.3, -0.25) is 5.32 Å². The average Bonchev–Trinajstić information content (AvgIpc) is 3.33. The molecular formula is C15H16Cl2N6O2. The van der Waals surface area contributed by atoms with Crippen LogP contribution in [0.25, 0.3) is 5.53 Å². The van der Waals surface area contributed by atoms with Crippen molar-refractivity contribution in [2.45, 2.75) is 24.2 Å². The zero-order chi connectivity index (χ0) is 18.2. The fourth-order valence-electron chi connectivity index (χ4n) is 2.95. The number of halogens is 2. The molecule has 4 atom stereocenters. The number of nitrogens with two attached hydrogens (primary N) is 1. The number of aliphatic hydroxyl groups is 2. The van der Waals surface area contributed by atoms with Gasteiger partial charge in [-0.2, -0.15) is 9.78 Å². The average molecular weight is 383 g/mol. The van der Waals surface area contributed by atoms with Gasteiger partial charge in [-0.1, -0.05) is 35.3 Å². The van der Waals surface area contributed by atoms with Gasteiger partial charge in [0.05, 0.1) is 12.7 Å².